The molecule has 1 aliphatic rings. The molecule has 0 atom stereocenters. The van der Waals surface area contributed by atoms with E-state index < -0.39 is 0 Å². The summed E-state index contributed by atoms with van der Waals surface area (Å²) < 4.78 is 0. The first-order valence-corrected chi connectivity index (χ1v) is 7.76. The molecule has 0 spiro atoms. The van der Waals surface area contributed by atoms with Crippen molar-refractivity contribution in [3.63, 3.8) is 0 Å². The summed E-state index contributed by atoms with van der Waals surface area (Å²) in [5.41, 5.74) is 0. The Balaban J connectivity index is 2.50. The van der Waals surface area contributed by atoms with Crippen LogP contribution in [0.1, 0.15) is 46.0 Å². The van der Waals surface area contributed by atoms with Crippen molar-refractivity contribution in [2.75, 3.05) is 18.1 Å². The Labute approximate surface area is 109 Å². The highest BCUT2D eigenvalue weighted by Gasteiger charge is 2.18. The minimum atomic E-state index is 0.581. The van der Waals surface area contributed by atoms with Crippen molar-refractivity contribution in [1.82, 2.24) is 4.90 Å². The van der Waals surface area contributed by atoms with Crippen molar-refractivity contribution >= 4 is 11.8 Å². The van der Waals surface area contributed by atoms with Crippen molar-refractivity contribution in [3.8, 4) is 0 Å². The van der Waals surface area contributed by atoms with E-state index in [-0.39, 0.29) is 0 Å². The molecule has 0 heterocycles. The third-order valence-corrected chi connectivity index (χ3v) is 4.11. The number of allylic oxidation sites excluding steroid dienone is 1. The molecular formula is C13H25NO2S. The SMILES string of the molecule is CCSCCN(/C=C(/C)OO)C1CCCCC1. The van der Waals surface area contributed by atoms with E-state index in [0.29, 0.717) is 11.8 Å². The van der Waals surface area contributed by atoms with Gasteiger partial charge in [-0.05, 0) is 25.5 Å². The maximum absolute atomic E-state index is 8.65. The molecule has 1 fully saturated rings. The Bertz CT molecular complexity index is 227. The molecule has 1 N–H and O–H groups in total. The molecule has 1 aliphatic carbocycles. The molecule has 3 nitrogen and oxygen atoms in total. The number of rotatable bonds is 7. The summed E-state index contributed by atoms with van der Waals surface area (Å²) >= 11 is 1.96. The quantitative estimate of drug-likeness (QED) is 0.327. The van der Waals surface area contributed by atoms with E-state index in [2.05, 4.69) is 16.7 Å². The molecule has 0 aliphatic heterocycles. The van der Waals surface area contributed by atoms with Crippen LogP contribution in [0.5, 0.6) is 0 Å². The molecule has 0 radical (unpaired) electrons. The van der Waals surface area contributed by atoms with Gasteiger partial charge in [0.05, 0.1) is 0 Å². The zero-order valence-corrected chi connectivity index (χ0v) is 11.8. The Morgan fingerprint density at radius 2 is 2.12 bits per heavy atom. The fraction of sp³-hybridized carbons (Fsp3) is 0.846. The lowest BCUT2D eigenvalue weighted by atomic mass is 9.94. The van der Waals surface area contributed by atoms with Gasteiger partial charge in [0.15, 0.2) is 5.76 Å². The van der Waals surface area contributed by atoms with Gasteiger partial charge in [-0.15, -0.1) is 0 Å². The number of hydrogen-bond acceptors (Lipinski definition) is 4. The van der Waals surface area contributed by atoms with Gasteiger partial charge in [-0.2, -0.15) is 11.8 Å². The van der Waals surface area contributed by atoms with Crippen molar-refractivity contribution in [1.29, 1.82) is 0 Å². The third-order valence-electron chi connectivity index (χ3n) is 3.23. The molecule has 100 valence electrons. The first-order chi connectivity index (χ1) is 8.27. The molecule has 0 unspecified atom stereocenters. The second-order valence-electron chi connectivity index (χ2n) is 4.56. The highest BCUT2D eigenvalue weighted by atomic mass is 32.2. The van der Waals surface area contributed by atoms with Crippen LogP contribution in [0.25, 0.3) is 0 Å². The van der Waals surface area contributed by atoms with Crippen LogP contribution >= 0.6 is 11.8 Å². The van der Waals surface area contributed by atoms with Crippen LogP contribution in [0.2, 0.25) is 0 Å². The minimum Gasteiger partial charge on any atom is -0.371 e. The maximum Gasteiger partial charge on any atom is 0.154 e. The van der Waals surface area contributed by atoms with Crippen molar-refractivity contribution in [3.05, 3.63) is 12.0 Å². The van der Waals surface area contributed by atoms with Crippen molar-refractivity contribution in [2.45, 2.75) is 52.0 Å². The van der Waals surface area contributed by atoms with Crippen LogP contribution in [0, 0.1) is 0 Å². The maximum atomic E-state index is 8.65. The average molecular weight is 259 g/mol. The van der Waals surface area contributed by atoms with Crippen LogP contribution in [-0.4, -0.2) is 34.2 Å². The van der Waals surface area contributed by atoms with Crippen LogP contribution in [0.15, 0.2) is 12.0 Å². The summed E-state index contributed by atoms with van der Waals surface area (Å²) in [6.07, 6.45) is 8.53. The van der Waals surface area contributed by atoms with E-state index in [1.807, 2.05) is 18.0 Å². The zero-order chi connectivity index (χ0) is 12.5. The van der Waals surface area contributed by atoms with Gasteiger partial charge in [-0.3, -0.25) is 0 Å². The Morgan fingerprint density at radius 3 is 2.71 bits per heavy atom. The number of nitrogens with zero attached hydrogens (tertiary/aromatic N) is 1. The summed E-state index contributed by atoms with van der Waals surface area (Å²) in [5.74, 6) is 2.89. The topological polar surface area (TPSA) is 32.7 Å². The van der Waals surface area contributed by atoms with E-state index in [1.165, 1.54) is 32.1 Å². The monoisotopic (exact) mass is 259 g/mol. The zero-order valence-electron chi connectivity index (χ0n) is 11.0. The van der Waals surface area contributed by atoms with E-state index in [9.17, 15) is 0 Å². The van der Waals surface area contributed by atoms with E-state index in [1.54, 1.807) is 6.92 Å². The lowest BCUT2D eigenvalue weighted by Gasteiger charge is -2.33. The minimum absolute atomic E-state index is 0.581. The molecule has 0 bridgehead atoms. The Morgan fingerprint density at radius 1 is 1.41 bits per heavy atom. The molecule has 0 amide bonds. The predicted octanol–water partition coefficient (Wildman–Crippen LogP) is 3.73. The molecule has 1 saturated carbocycles. The highest BCUT2D eigenvalue weighted by Crippen LogP contribution is 2.23. The van der Waals surface area contributed by atoms with Crippen molar-refractivity contribution in [2.24, 2.45) is 0 Å². The van der Waals surface area contributed by atoms with Gasteiger partial charge >= 0.3 is 0 Å². The van der Waals surface area contributed by atoms with Gasteiger partial charge < -0.3 is 9.79 Å². The Hall–Kier alpha value is -0.350. The molecule has 0 saturated heterocycles. The van der Waals surface area contributed by atoms with Gasteiger partial charge in [0.25, 0.3) is 0 Å². The van der Waals surface area contributed by atoms with Gasteiger partial charge in [0.2, 0.25) is 0 Å². The summed E-state index contributed by atoms with van der Waals surface area (Å²) in [6.45, 7) is 5.03. The fourth-order valence-electron chi connectivity index (χ4n) is 2.34. The number of hydrogen-bond donors (Lipinski definition) is 1. The lowest BCUT2D eigenvalue weighted by molar-refractivity contribution is -0.203. The highest BCUT2D eigenvalue weighted by molar-refractivity contribution is 7.99. The fourth-order valence-corrected chi connectivity index (χ4v) is 2.97. The van der Waals surface area contributed by atoms with Crippen LogP contribution < -0.4 is 0 Å². The van der Waals surface area contributed by atoms with Gasteiger partial charge in [-0.1, -0.05) is 26.2 Å². The first-order valence-electron chi connectivity index (χ1n) is 6.61. The molecule has 0 aromatic rings. The summed E-state index contributed by atoms with van der Waals surface area (Å²) in [7, 11) is 0. The van der Waals surface area contributed by atoms with E-state index >= 15 is 0 Å². The van der Waals surface area contributed by atoms with E-state index in [4.69, 9.17) is 5.26 Å². The Kier molecular flexibility index (Phi) is 7.53. The van der Waals surface area contributed by atoms with Gasteiger partial charge in [-0.25, -0.2) is 5.26 Å². The summed E-state index contributed by atoms with van der Waals surface area (Å²) in [4.78, 5) is 6.64. The first kappa shape index (κ1) is 14.7. The van der Waals surface area contributed by atoms with E-state index in [0.717, 1.165) is 18.1 Å². The molecule has 17 heavy (non-hydrogen) atoms. The normalized spacial score (nSPS) is 18.2. The number of thioether (sulfide) groups is 1. The molecular weight excluding hydrogens is 234 g/mol. The lowest BCUT2D eigenvalue weighted by Crippen LogP contribution is -2.34. The standard InChI is InChI=1S/C13H25NO2S/c1-3-17-10-9-14(11-12(2)16-15)13-7-5-4-6-8-13/h11,13,15H,3-10H2,1-2H3/b12-11-. The van der Waals surface area contributed by atoms with Crippen molar-refractivity contribution < 1.29 is 10.1 Å². The molecule has 0 aromatic carbocycles. The second-order valence-corrected chi connectivity index (χ2v) is 5.95. The average Bonchev–Trinajstić information content (AvgIpc) is 2.38. The molecule has 1 rings (SSSR count). The smallest absolute Gasteiger partial charge is 0.154 e. The molecule has 0 aromatic heterocycles. The summed E-state index contributed by atoms with van der Waals surface area (Å²) in [6, 6.07) is 0.631. The molecule has 4 heteroatoms. The largest absolute Gasteiger partial charge is 0.371 e. The van der Waals surface area contributed by atoms with Crippen LogP contribution in [0.4, 0.5) is 0 Å². The van der Waals surface area contributed by atoms with Crippen LogP contribution in [0.3, 0.4) is 0 Å². The van der Waals surface area contributed by atoms with Crippen LogP contribution in [-0.2, 0) is 4.89 Å². The second kappa shape index (κ2) is 8.70. The van der Waals surface area contributed by atoms with Gasteiger partial charge in [0, 0.05) is 24.5 Å². The third kappa shape index (κ3) is 5.68. The summed E-state index contributed by atoms with van der Waals surface area (Å²) in [5, 5.41) is 8.65. The predicted molar refractivity (Wildman–Crippen MR) is 74.0 cm³/mol. The van der Waals surface area contributed by atoms with Gasteiger partial charge in [0.1, 0.15) is 0 Å².